The molecule has 0 aromatic rings. The number of ether oxygens (including phenoxy) is 2. The van der Waals surface area contributed by atoms with Gasteiger partial charge >= 0.3 is 5.97 Å². The lowest BCUT2D eigenvalue weighted by atomic mass is 9.90. The first-order chi connectivity index (χ1) is 8.22. The predicted octanol–water partition coefficient (Wildman–Crippen LogP) is 2.02. The molecule has 1 saturated carbocycles. The lowest BCUT2D eigenvalue weighted by Crippen LogP contribution is -2.21. The Labute approximate surface area is 103 Å². The van der Waals surface area contributed by atoms with Gasteiger partial charge in [-0.15, -0.1) is 0 Å². The second kappa shape index (κ2) is 8.25. The number of aliphatic hydroxyl groups excluding tert-OH is 1. The average molecular weight is 242 g/mol. The van der Waals surface area contributed by atoms with Gasteiger partial charge in [0.1, 0.15) is 0 Å². The van der Waals surface area contributed by atoms with Crippen LogP contribution in [0.25, 0.3) is 0 Å². The van der Waals surface area contributed by atoms with Gasteiger partial charge in [-0.2, -0.15) is 0 Å². The van der Waals surface area contributed by atoms with E-state index < -0.39 is 12.3 Å². The van der Waals surface area contributed by atoms with Gasteiger partial charge in [0.05, 0.1) is 13.2 Å². The van der Waals surface area contributed by atoms with Crippen molar-refractivity contribution in [1.29, 1.82) is 0 Å². The minimum atomic E-state index is -0.838. The molecule has 1 fully saturated rings. The molecular weight excluding hydrogens is 220 g/mol. The fraction of sp³-hybridized carbons (Fsp3) is 0.769. The first kappa shape index (κ1) is 14.2. The molecule has 0 bridgehead atoms. The van der Waals surface area contributed by atoms with E-state index in [9.17, 15) is 9.90 Å². The Morgan fingerprint density at radius 3 is 2.76 bits per heavy atom. The van der Waals surface area contributed by atoms with Crippen LogP contribution in [0.1, 0.15) is 38.5 Å². The van der Waals surface area contributed by atoms with Crippen LogP contribution in [0, 0.1) is 5.92 Å². The molecule has 1 rings (SSSR count). The highest BCUT2D eigenvalue weighted by atomic mass is 16.6. The number of esters is 1. The van der Waals surface area contributed by atoms with Crippen molar-refractivity contribution in [2.24, 2.45) is 5.92 Å². The minimum absolute atomic E-state index is 0.163. The van der Waals surface area contributed by atoms with Gasteiger partial charge in [0, 0.05) is 12.5 Å². The van der Waals surface area contributed by atoms with Crippen LogP contribution in [-0.2, 0) is 14.3 Å². The lowest BCUT2D eigenvalue weighted by Gasteiger charge is -2.22. The maximum atomic E-state index is 10.7. The summed E-state index contributed by atoms with van der Waals surface area (Å²) in [7, 11) is 0. The zero-order valence-electron chi connectivity index (χ0n) is 10.3. The van der Waals surface area contributed by atoms with E-state index in [-0.39, 0.29) is 6.61 Å². The van der Waals surface area contributed by atoms with E-state index in [2.05, 4.69) is 6.58 Å². The average Bonchev–Trinajstić information content (AvgIpc) is 2.37. The Morgan fingerprint density at radius 1 is 1.41 bits per heavy atom. The minimum Gasteiger partial charge on any atom is -0.462 e. The molecule has 0 saturated heterocycles. The van der Waals surface area contributed by atoms with E-state index >= 15 is 0 Å². The molecule has 1 unspecified atom stereocenters. The molecule has 0 radical (unpaired) electrons. The summed E-state index contributed by atoms with van der Waals surface area (Å²) in [5, 5.41) is 9.53. The molecule has 1 atom stereocenters. The third kappa shape index (κ3) is 6.44. The largest absolute Gasteiger partial charge is 0.462 e. The Hall–Kier alpha value is -0.870. The third-order valence-corrected chi connectivity index (χ3v) is 3.02. The van der Waals surface area contributed by atoms with Crippen LogP contribution in [0.15, 0.2) is 12.7 Å². The van der Waals surface area contributed by atoms with E-state index in [1.807, 2.05) is 0 Å². The van der Waals surface area contributed by atoms with Crippen LogP contribution >= 0.6 is 0 Å². The first-order valence-corrected chi connectivity index (χ1v) is 6.31. The molecule has 0 spiro atoms. The van der Waals surface area contributed by atoms with E-state index in [0.29, 0.717) is 18.9 Å². The summed E-state index contributed by atoms with van der Waals surface area (Å²) in [5.41, 5.74) is 0. The van der Waals surface area contributed by atoms with Gasteiger partial charge in [0.25, 0.3) is 0 Å². The quantitative estimate of drug-likeness (QED) is 0.421. The summed E-state index contributed by atoms with van der Waals surface area (Å²) < 4.78 is 10.1. The highest BCUT2D eigenvalue weighted by Gasteiger charge is 2.15. The van der Waals surface area contributed by atoms with E-state index in [1.54, 1.807) is 0 Å². The van der Waals surface area contributed by atoms with Crippen molar-refractivity contribution < 1.29 is 19.4 Å². The van der Waals surface area contributed by atoms with Gasteiger partial charge in [-0.1, -0.05) is 25.8 Å². The van der Waals surface area contributed by atoms with Crippen molar-refractivity contribution in [3.63, 3.8) is 0 Å². The molecule has 0 aromatic heterocycles. The van der Waals surface area contributed by atoms with Crippen LogP contribution in [0.2, 0.25) is 0 Å². The Kier molecular flexibility index (Phi) is 6.89. The summed E-state index contributed by atoms with van der Waals surface area (Å²) in [6.45, 7) is 4.06. The summed E-state index contributed by atoms with van der Waals surface area (Å²) >= 11 is 0. The number of aliphatic hydroxyl groups is 1. The Balaban J connectivity index is 2.01. The van der Waals surface area contributed by atoms with Crippen molar-refractivity contribution >= 4 is 5.97 Å². The summed E-state index contributed by atoms with van der Waals surface area (Å²) in [5.74, 6) is 0.110. The lowest BCUT2D eigenvalue weighted by molar-refractivity contribution is -0.145. The molecule has 4 nitrogen and oxygen atoms in total. The molecule has 4 heteroatoms. The maximum absolute atomic E-state index is 10.7. The van der Waals surface area contributed by atoms with Crippen LogP contribution < -0.4 is 0 Å². The van der Waals surface area contributed by atoms with Crippen molar-refractivity contribution in [3.8, 4) is 0 Å². The number of hydrogen-bond acceptors (Lipinski definition) is 4. The molecule has 98 valence electrons. The maximum Gasteiger partial charge on any atom is 0.330 e. The molecular formula is C13H22O4. The number of hydrogen-bond donors (Lipinski definition) is 1. The summed E-state index contributed by atoms with van der Waals surface area (Å²) in [6, 6.07) is 0. The van der Waals surface area contributed by atoms with E-state index in [4.69, 9.17) is 9.47 Å². The second-order valence-corrected chi connectivity index (χ2v) is 4.45. The van der Waals surface area contributed by atoms with Crippen LogP contribution in [-0.4, -0.2) is 30.6 Å². The van der Waals surface area contributed by atoms with Gasteiger partial charge in [0.2, 0.25) is 0 Å². The molecule has 17 heavy (non-hydrogen) atoms. The van der Waals surface area contributed by atoms with Crippen molar-refractivity contribution in [1.82, 2.24) is 0 Å². The summed E-state index contributed by atoms with van der Waals surface area (Å²) in [4.78, 5) is 10.7. The smallest absolute Gasteiger partial charge is 0.330 e. The Morgan fingerprint density at radius 2 is 2.12 bits per heavy atom. The molecule has 1 aliphatic rings. The SMILES string of the molecule is C=CC(=O)OCCC(O)OCC1CCCCC1. The molecule has 0 aliphatic heterocycles. The number of carbonyl (C=O) groups excluding carboxylic acids is 1. The van der Waals surface area contributed by atoms with E-state index in [1.165, 1.54) is 32.1 Å². The zero-order valence-corrected chi connectivity index (χ0v) is 10.3. The molecule has 0 amide bonds. The van der Waals surface area contributed by atoms with Crippen molar-refractivity contribution in [2.45, 2.75) is 44.8 Å². The number of rotatable bonds is 7. The monoisotopic (exact) mass is 242 g/mol. The molecule has 0 heterocycles. The first-order valence-electron chi connectivity index (χ1n) is 6.31. The number of carbonyl (C=O) groups is 1. The molecule has 0 aromatic carbocycles. The fourth-order valence-corrected chi connectivity index (χ4v) is 2.00. The topological polar surface area (TPSA) is 55.8 Å². The van der Waals surface area contributed by atoms with E-state index in [0.717, 1.165) is 6.08 Å². The molecule has 1 N–H and O–H groups in total. The van der Waals surface area contributed by atoms with Gasteiger partial charge in [0.15, 0.2) is 6.29 Å². The normalized spacial score (nSPS) is 18.6. The summed E-state index contributed by atoms with van der Waals surface area (Å²) in [6.07, 6.45) is 6.81. The second-order valence-electron chi connectivity index (χ2n) is 4.45. The van der Waals surface area contributed by atoms with Crippen LogP contribution in [0.5, 0.6) is 0 Å². The fourth-order valence-electron chi connectivity index (χ4n) is 2.00. The van der Waals surface area contributed by atoms with Gasteiger partial charge in [-0.05, 0) is 18.8 Å². The van der Waals surface area contributed by atoms with Gasteiger partial charge in [-0.25, -0.2) is 4.79 Å². The van der Waals surface area contributed by atoms with Gasteiger partial charge < -0.3 is 14.6 Å². The molecule has 1 aliphatic carbocycles. The van der Waals surface area contributed by atoms with Crippen LogP contribution in [0.3, 0.4) is 0 Å². The third-order valence-electron chi connectivity index (χ3n) is 3.02. The Bertz CT molecular complexity index is 234. The van der Waals surface area contributed by atoms with Crippen molar-refractivity contribution in [2.75, 3.05) is 13.2 Å². The highest BCUT2D eigenvalue weighted by Crippen LogP contribution is 2.23. The van der Waals surface area contributed by atoms with Crippen LogP contribution in [0.4, 0.5) is 0 Å². The van der Waals surface area contributed by atoms with Crippen molar-refractivity contribution in [3.05, 3.63) is 12.7 Å². The zero-order chi connectivity index (χ0) is 12.5. The highest BCUT2D eigenvalue weighted by molar-refractivity contribution is 5.81. The standard InChI is InChI=1S/C13H22O4/c1-2-12(14)16-9-8-13(15)17-10-11-6-4-3-5-7-11/h2,11,13,15H,1,3-10H2. The van der Waals surface area contributed by atoms with Gasteiger partial charge in [-0.3, -0.25) is 0 Å². The predicted molar refractivity (Wildman–Crippen MR) is 64.3 cm³/mol.